The lowest BCUT2D eigenvalue weighted by Crippen LogP contribution is -2.56. The summed E-state index contributed by atoms with van der Waals surface area (Å²) in [4.78, 5) is 42.1. The zero-order valence-electron chi connectivity index (χ0n) is 19.9. The number of hydrogen-bond acceptors (Lipinski definition) is 3. The van der Waals surface area contributed by atoms with Crippen molar-refractivity contribution in [3.63, 3.8) is 0 Å². The fourth-order valence-corrected chi connectivity index (χ4v) is 8.71. The van der Waals surface area contributed by atoms with E-state index in [2.05, 4.69) is 37.2 Å². The predicted octanol–water partition coefficient (Wildman–Crippen LogP) is 6.35. The Balaban J connectivity index is 1.28. The Morgan fingerprint density at radius 1 is 0.632 bits per heavy atom. The Bertz CT molecular complexity index is 1530. The van der Waals surface area contributed by atoms with Gasteiger partial charge in [0, 0.05) is 11.3 Å². The van der Waals surface area contributed by atoms with Crippen LogP contribution in [-0.4, -0.2) is 17.7 Å². The molecule has 7 heteroatoms. The van der Waals surface area contributed by atoms with Crippen LogP contribution in [0.2, 0.25) is 0 Å². The first-order chi connectivity index (χ1) is 18.4. The molecule has 1 aliphatic heterocycles. The average Bonchev–Trinajstić information content (AvgIpc) is 3.23. The molecule has 4 aromatic carbocycles. The van der Waals surface area contributed by atoms with E-state index in [1.54, 1.807) is 48.5 Å². The summed E-state index contributed by atoms with van der Waals surface area (Å²) in [6.45, 7) is 0. The molecule has 4 aliphatic rings. The van der Waals surface area contributed by atoms with Crippen molar-refractivity contribution in [3.05, 3.63) is 131 Å². The lowest BCUT2D eigenvalue weighted by Gasteiger charge is -2.55. The number of amides is 3. The fourth-order valence-electron chi connectivity index (χ4n) is 6.41. The highest BCUT2D eigenvalue weighted by Crippen LogP contribution is 2.70. The largest absolute Gasteiger partial charge is 0.322 e. The van der Waals surface area contributed by atoms with Gasteiger partial charge in [0.05, 0.1) is 26.2 Å². The van der Waals surface area contributed by atoms with E-state index < -0.39 is 20.5 Å². The molecule has 1 saturated heterocycles. The second-order valence-corrected chi connectivity index (χ2v) is 12.4. The van der Waals surface area contributed by atoms with E-state index in [1.165, 1.54) is 4.90 Å². The molecule has 1 heterocycles. The number of imide groups is 1. The molecule has 2 bridgehead atoms. The quantitative estimate of drug-likeness (QED) is 0.213. The van der Waals surface area contributed by atoms with Gasteiger partial charge in [-0.3, -0.25) is 14.4 Å². The minimum Gasteiger partial charge on any atom is -0.322 e. The first kappa shape index (κ1) is 23.6. The van der Waals surface area contributed by atoms with E-state index in [-0.39, 0.29) is 17.7 Å². The summed E-state index contributed by atoms with van der Waals surface area (Å²) in [5, 5.41) is 2.87. The first-order valence-corrected chi connectivity index (χ1v) is 13.9. The van der Waals surface area contributed by atoms with E-state index >= 15 is 0 Å². The van der Waals surface area contributed by atoms with Crippen molar-refractivity contribution in [3.8, 4) is 0 Å². The van der Waals surface area contributed by atoms with Gasteiger partial charge >= 0.3 is 0 Å². The van der Waals surface area contributed by atoms with Crippen molar-refractivity contribution in [1.29, 1.82) is 0 Å². The summed E-state index contributed by atoms with van der Waals surface area (Å²) in [6, 6.07) is 31.8. The maximum absolute atomic E-state index is 14.1. The minimum absolute atomic E-state index is 0.229. The molecule has 0 saturated carbocycles. The molecule has 3 aliphatic carbocycles. The summed E-state index contributed by atoms with van der Waals surface area (Å²) >= 11 is 8.04. The molecule has 0 unspecified atom stereocenters. The third-order valence-electron chi connectivity index (χ3n) is 8.00. The van der Waals surface area contributed by atoms with Crippen molar-refractivity contribution in [2.75, 3.05) is 10.2 Å². The van der Waals surface area contributed by atoms with Crippen molar-refractivity contribution < 1.29 is 14.4 Å². The second-order valence-electron chi connectivity index (χ2n) is 9.85. The molecule has 38 heavy (non-hydrogen) atoms. The number of benzene rings is 4. The highest BCUT2D eigenvalue weighted by molar-refractivity contribution is 9.10. The number of nitrogens with one attached hydrogen (secondary N) is 1. The molecule has 5 nitrogen and oxygen atoms in total. The van der Waals surface area contributed by atoms with Crippen molar-refractivity contribution >= 4 is 61.0 Å². The molecular weight excluding hydrogens is 608 g/mol. The van der Waals surface area contributed by atoms with E-state index in [9.17, 15) is 14.4 Å². The standard InChI is InChI=1S/C31H20Br2N2O3/c32-30-21-10-4-5-11-22(21)31(33,24-13-7-6-12-23(24)30)26-25(30)28(37)35(29(26)38)20-16-14-19(15-17-20)34-27(36)18-8-2-1-3-9-18/h1-17,25-26H,(H,34,36)/t25-,26-,30?,31?/m0/s1. The Hall–Kier alpha value is -3.55. The minimum atomic E-state index is -0.828. The van der Waals surface area contributed by atoms with Crippen LogP contribution in [0.3, 0.4) is 0 Å². The van der Waals surface area contributed by atoms with Gasteiger partial charge in [-0.2, -0.15) is 0 Å². The Kier molecular flexibility index (Phi) is 5.10. The van der Waals surface area contributed by atoms with Gasteiger partial charge in [0.25, 0.3) is 5.91 Å². The van der Waals surface area contributed by atoms with Gasteiger partial charge in [0.15, 0.2) is 0 Å². The van der Waals surface area contributed by atoms with E-state index in [0.717, 1.165) is 22.3 Å². The molecular formula is C31H20Br2N2O3. The highest BCUT2D eigenvalue weighted by Gasteiger charge is 2.72. The van der Waals surface area contributed by atoms with Crippen LogP contribution >= 0.6 is 31.9 Å². The van der Waals surface area contributed by atoms with E-state index in [4.69, 9.17) is 0 Å². The van der Waals surface area contributed by atoms with Crippen molar-refractivity contribution in [2.45, 2.75) is 8.65 Å². The van der Waals surface area contributed by atoms with Crippen LogP contribution in [0.5, 0.6) is 0 Å². The van der Waals surface area contributed by atoms with Crippen LogP contribution in [-0.2, 0) is 18.2 Å². The second kappa shape index (κ2) is 8.22. The van der Waals surface area contributed by atoms with Gasteiger partial charge in [-0.15, -0.1) is 0 Å². The zero-order valence-corrected chi connectivity index (χ0v) is 23.1. The summed E-state index contributed by atoms with van der Waals surface area (Å²) in [7, 11) is 0. The van der Waals surface area contributed by atoms with Gasteiger partial charge in [0.2, 0.25) is 11.8 Å². The number of carbonyl (C=O) groups excluding carboxylic acids is 3. The fraction of sp³-hybridized carbons (Fsp3) is 0.129. The maximum Gasteiger partial charge on any atom is 0.255 e. The smallest absolute Gasteiger partial charge is 0.255 e. The van der Waals surface area contributed by atoms with Crippen molar-refractivity contribution in [2.24, 2.45) is 11.8 Å². The SMILES string of the molecule is O=C(Nc1ccc(N2C(=O)[C@@H]3[C@@H](C2=O)C2(Br)c4ccccc4C3(Br)c3ccccc32)cc1)c1ccccc1. The number of carbonyl (C=O) groups is 3. The van der Waals surface area contributed by atoms with Gasteiger partial charge in [-0.1, -0.05) is 98.6 Å². The summed E-state index contributed by atoms with van der Waals surface area (Å²) in [6.07, 6.45) is 0. The monoisotopic (exact) mass is 626 g/mol. The molecule has 0 aromatic heterocycles. The normalized spacial score (nSPS) is 26.5. The summed E-state index contributed by atoms with van der Waals surface area (Å²) < 4.78 is -1.66. The van der Waals surface area contributed by atoms with Gasteiger partial charge < -0.3 is 5.32 Å². The highest BCUT2D eigenvalue weighted by atomic mass is 79.9. The number of hydrogen-bond donors (Lipinski definition) is 1. The number of rotatable bonds is 3. The molecule has 0 spiro atoms. The average molecular weight is 628 g/mol. The molecule has 1 N–H and O–H groups in total. The lowest BCUT2D eigenvalue weighted by molar-refractivity contribution is -0.122. The van der Waals surface area contributed by atoms with E-state index in [0.29, 0.717) is 16.9 Å². The van der Waals surface area contributed by atoms with Crippen LogP contribution in [0.4, 0.5) is 11.4 Å². The zero-order chi connectivity index (χ0) is 26.2. The Labute approximate surface area is 236 Å². The van der Waals surface area contributed by atoms with E-state index in [1.807, 2.05) is 54.6 Å². The number of anilines is 2. The van der Waals surface area contributed by atoms with Gasteiger partial charge in [0.1, 0.15) is 0 Å². The third kappa shape index (κ3) is 2.94. The predicted molar refractivity (Wildman–Crippen MR) is 153 cm³/mol. The molecule has 8 rings (SSSR count). The van der Waals surface area contributed by atoms with Crippen molar-refractivity contribution in [1.82, 2.24) is 0 Å². The maximum atomic E-state index is 14.1. The summed E-state index contributed by atoms with van der Waals surface area (Å²) in [5.74, 6) is -1.97. The number of nitrogens with zero attached hydrogens (tertiary/aromatic N) is 1. The van der Waals surface area contributed by atoms with Crippen LogP contribution < -0.4 is 10.2 Å². The molecule has 4 aromatic rings. The van der Waals surface area contributed by atoms with Crippen LogP contribution in [0.1, 0.15) is 32.6 Å². The summed E-state index contributed by atoms with van der Waals surface area (Å²) in [5.41, 5.74) is 5.60. The van der Waals surface area contributed by atoms with Crippen LogP contribution in [0.15, 0.2) is 103 Å². The molecule has 0 radical (unpaired) electrons. The molecule has 3 amide bonds. The number of halogens is 2. The van der Waals surface area contributed by atoms with Gasteiger partial charge in [-0.25, -0.2) is 4.90 Å². The van der Waals surface area contributed by atoms with Crippen LogP contribution in [0, 0.1) is 11.8 Å². The third-order valence-corrected chi connectivity index (χ3v) is 10.7. The Morgan fingerprint density at radius 2 is 1.05 bits per heavy atom. The Morgan fingerprint density at radius 3 is 1.50 bits per heavy atom. The lowest BCUT2D eigenvalue weighted by atomic mass is 9.54. The van der Waals surface area contributed by atoms with Gasteiger partial charge in [-0.05, 0) is 58.7 Å². The topological polar surface area (TPSA) is 66.5 Å². The first-order valence-electron chi connectivity index (χ1n) is 12.3. The molecule has 2 atom stereocenters. The molecule has 186 valence electrons. The van der Waals surface area contributed by atoms with Crippen LogP contribution in [0.25, 0.3) is 0 Å². The number of alkyl halides is 2. The molecule has 1 fully saturated rings.